The quantitative estimate of drug-likeness (QED) is 0.862. The summed E-state index contributed by atoms with van der Waals surface area (Å²) in [6.45, 7) is 1.19. The number of methoxy groups -OCH3 is 2. The van der Waals surface area contributed by atoms with Crippen molar-refractivity contribution in [2.75, 3.05) is 14.2 Å². The number of hydrogen-bond donors (Lipinski definition) is 1. The van der Waals surface area contributed by atoms with E-state index < -0.39 is 5.97 Å². The van der Waals surface area contributed by atoms with Crippen LogP contribution in [0.3, 0.4) is 0 Å². The van der Waals surface area contributed by atoms with Crippen molar-refractivity contribution in [2.24, 2.45) is 0 Å². The summed E-state index contributed by atoms with van der Waals surface area (Å²) in [5.41, 5.74) is 2.69. The monoisotopic (exact) mass is 285 g/mol. The Morgan fingerprint density at radius 1 is 1.19 bits per heavy atom. The van der Waals surface area contributed by atoms with Crippen LogP contribution in [0, 0.1) is 0 Å². The van der Waals surface area contributed by atoms with Crippen molar-refractivity contribution in [3.8, 4) is 17.1 Å². The smallest absolute Gasteiger partial charge is 0.357 e. The van der Waals surface area contributed by atoms with E-state index in [9.17, 15) is 4.79 Å². The first kappa shape index (κ1) is 13.5. The van der Waals surface area contributed by atoms with Gasteiger partial charge >= 0.3 is 5.97 Å². The van der Waals surface area contributed by atoms with Gasteiger partial charge in [0.15, 0.2) is 11.5 Å². The molecule has 0 fully saturated rings. The van der Waals surface area contributed by atoms with Crippen LogP contribution in [0.5, 0.6) is 5.75 Å². The van der Waals surface area contributed by atoms with Gasteiger partial charge in [-0.15, -0.1) is 0 Å². The molecule has 1 aliphatic heterocycles. The lowest BCUT2D eigenvalue weighted by atomic mass is 10.1. The molecule has 1 aliphatic rings. The fourth-order valence-corrected chi connectivity index (χ4v) is 2.38. The van der Waals surface area contributed by atoms with Gasteiger partial charge in [-0.05, 0) is 12.1 Å². The standard InChI is InChI=1S/C15H15N3O3/c1-20-12-6-4-3-5-9(12)14-17-11-8-16-7-10(11)13(18-14)15(19)21-2/h3-6,16H,7-8H2,1-2H3. The number of aromatic nitrogens is 2. The Labute approximate surface area is 122 Å². The van der Waals surface area contributed by atoms with Gasteiger partial charge < -0.3 is 14.8 Å². The van der Waals surface area contributed by atoms with Gasteiger partial charge in [-0.25, -0.2) is 14.8 Å². The molecular formula is C15H15N3O3. The van der Waals surface area contributed by atoms with E-state index >= 15 is 0 Å². The zero-order valence-electron chi connectivity index (χ0n) is 11.8. The van der Waals surface area contributed by atoms with Crippen molar-refractivity contribution in [2.45, 2.75) is 13.1 Å². The molecule has 0 radical (unpaired) electrons. The second-order valence-electron chi connectivity index (χ2n) is 4.62. The Morgan fingerprint density at radius 3 is 2.76 bits per heavy atom. The number of para-hydroxylation sites is 1. The summed E-state index contributed by atoms with van der Waals surface area (Å²) < 4.78 is 10.2. The first-order chi connectivity index (χ1) is 10.2. The minimum Gasteiger partial charge on any atom is -0.496 e. The molecule has 108 valence electrons. The molecule has 0 saturated heterocycles. The van der Waals surface area contributed by atoms with Gasteiger partial charge in [-0.1, -0.05) is 12.1 Å². The van der Waals surface area contributed by atoms with Crippen LogP contribution < -0.4 is 10.1 Å². The summed E-state index contributed by atoms with van der Waals surface area (Å²) in [7, 11) is 2.94. The molecule has 0 saturated carbocycles. The Kier molecular flexibility index (Phi) is 3.53. The number of benzene rings is 1. The number of fused-ring (bicyclic) bond motifs is 1. The molecule has 0 unspecified atom stereocenters. The van der Waals surface area contributed by atoms with Gasteiger partial charge in [0.2, 0.25) is 0 Å². The lowest BCUT2D eigenvalue weighted by Crippen LogP contribution is -2.12. The Hall–Kier alpha value is -2.47. The molecule has 0 spiro atoms. The molecule has 0 atom stereocenters. The molecule has 6 nitrogen and oxygen atoms in total. The average Bonchev–Trinajstić information content (AvgIpc) is 3.01. The number of rotatable bonds is 3. The predicted molar refractivity (Wildman–Crippen MR) is 75.9 cm³/mol. The molecule has 3 rings (SSSR count). The molecule has 1 aromatic heterocycles. The number of carbonyl (C=O) groups is 1. The van der Waals surface area contributed by atoms with Crippen LogP contribution in [0.25, 0.3) is 11.4 Å². The maximum atomic E-state index is 11.9. The first-order valence-corrected chi connectivity index (χ1v) is 6.56. The maximum absolute atomic E-state index is 11.9. The van der Waals surface area contributed by atoms with Gasteiger partial charge in [0, 0.05) is 18.7 Å². The van der Waals surface area contributed by atoms with Crippen LogP contribution >= 0.6 is 0 Å². The van der Waals surface area contributed by atoms with Crippen LogP contribution in [0.1, 0.15) is 21.7 Å². The van der Waals surface area contributed by atoms with E-state index in [0.29, 0.717) is 30.4 Å². The molecule has 0 bridgehead atoms. The van der Waals surface area contributed by atoms with Gasteiger partial charge in [0.05, 0.1) is 25.5 Å². The lowest BCUT2D eigenvalue weighted by molar-refractivity contribution is 0.0592. The van der Waals surface area contributed by atoms with Crippen molar-refractivity contribution in [1.29, 1.82) is 0 Å². The molecule has 6 heteroatoms. The third-order valence-corrected chi connectivity index (χ3v) is 3.41. The highest BCUT2D eigenvalue weighted by Crippen LogP contribution is 2.29. The molecule has 1 N–H and O–H groups in total. The Morgan fingerprint density at radius 2 is 2.00 bits per heavy atom. The van der Waals surface area contributed by atoms with Crippen LogP contribution in [0.2, 0.25) is 0 Å². The largest absolute Gasteiger partial charge is 0.496 e. The van der Waals surface area contributed by atoms with E-state index in [1.165, 1.54) is 7.11 Å². The zero-order valence-corrected chi connectivity index (χ0v) is 11.8. The van der Waals surface area contributed by atoms with E-state index in [2.05, 4.69) is 15.3 Å². The molecule has 1 aromatic carbocycles. The molecule has 2 aromatic rings. The highest BCUT2D eigenvalue weighted by molar-refractivity contribution is 5.90. The summed E-state index contributed by atoms with van der Waals surface area (Å²) in [4.78, 5) is 20.9. The summed E-state index contributed by atoms with van der Waals surface area (Å²) in [6, 6.07) is 7.45. The summed E-state index contributed by atoms with van der Waals surface area (Å²) >= 11 is 0. The number of esters is 1. The summed E-state index contributed by atoms with van der Waals surface area (Å²) in [6.07, 6.45) is 0. The second kappa shape index (κ2) is 5.49. The van der Waals surface area contributed by atoms with E-state index in [4.69, 9.17) is 9.47 Å². The normalized spacial score (nSPS) is 12.9. The predicted octanol–water partition coefficient (Wildman–Crippen LogP) is 1.54. The number of carbonyl (C=O) groups excluding carboxylic acids is 1. The van der Waals surface area contributed by atoms with Gasteiger partial charge in [-0.2, -0.15) is 0 Å². The van der Waals surface area contributed by atoms with E-state index in [1.54, 1.807) is 7.11 Å². The van der Waals surface area contributed by atoms with E-state index in [0.717, 1.165) is 16.8 Å². The SMILES string of the molecule is COC(=O)c1nc(-c2ccccc2OC)nc2c1CNC2. The zero-order chi connectivity index (χ0) is 14.8. The number of ether oxygens (including phenoxy) is 2. The third-order valence-electron chi connectivity index (χ3n) is 3.41. The van der Waals surface area contributed by atoms with Crippen LogP contribution in [0.4, 0.5) is 0 Å². The molecule has 0 aliphatic carbocycles. The van der Waals surface area contributed by atoms with Crippen molar-refractivity contribution in [1.82, 2.24) is 15.3 Å². The fourth-order valence-electron chi connectivity index (χ4n) is 2.38. The summed E-state index contributed by atoms with van der Waals surface area (Å²) in [5.74, 6) is 0.683. The molecule has 2 heterocycles. The van der Waals surface area contributed by atoms with Gasteiger partial charge in [0.1, 0.15) is 5.75 Å². The van der Waals surface area contributed by atoms with Gasteiger partial charge in [-0.3, -0.25) is 0 Å². The van der Waals surface area contributed by atoms with Crippen molar-refractivity contribution < 1.29 is 14.3 Å². The molecular weight excluding hydrogens is 270 g/mol. The Bertz CT molecular complexity index is 701. The third kappa shape index (κ3) is 2.34. The average molecular weight is 285 g/mol. The highest BCUT2D eigenvalue weighted by Gasteiger charge is 2.24. The lowest BCUT2D eigenvalue weighted by Gasteiger charge is -2.10. The Balaban J connectivity index is 2.18. The van der Waals surface area contributed by atoms with Crippen molar-refractivity contribution in [3.63, 3.8) is 0 Å². The molecule has 0 amide bonds. The van der Waals surface area contributed by atoms with Crippen molar-refractivity contribution in [3.05, 3.63) is 41.2 Å². The van der Waals surface area contributed by atoms with E-state index in [1.807, 2.05) is 24.3 Å². The van der Waals surface area contributed by atoms with Crippen LogP contribution in [0.15, 0.2) is 24.3 Å². The van der Waals surface area contributed by atoms with Crippen LogP contribution in [-0.2, 0) is 17.8 Å². The minimum absolute atomic E-state index is 0.313. The van der Waals surface area contributed by atoms with Crippen molar-refractivity contribution >= 4 is 5.97 Å². The maximum Gasteiger partial charge on any atom is 0.357 e. The summed E-state index contributed by atoms with van der Waals surface area (Å²) in [5, 5.41) is 3.17. The van der Waals surface area contributed by atoms with E-state index in [-0.39, 0.29) is 0 Å². The second-order valence-corrected chi connectivity index (χ2v) is 4.62. The minimum atomic E-state index is -0.450. The fraction of sp³-hybridized carbons (Fsp3) is 0.267. The highest BCUT2D eigenvalue weighted by atomic mass is 16.5. The topological polar surface area (TPSA) is 73.3 Å². The van der Waals surface area contributed by atoms with Crippen LogP contribution in [-0.4, -0.2) is 30.2 Å². The number of hydrogen-bond acceptors (Lipinski definition) is 6. The van der Waals surface area contributed by atoms with Gasteiger partial charge in [0.25, 0.3) is 0 Å². The molecule has 21 heavy (non-hydrogen) atoms. The first-order valence-electron chi connectivity index (χ1n) is 6.56. The number of nitrogens with zero attached hydrogens (tertiary/aromatic N) is 2. The number of nitrogens with one attached hydrogen (secondary N) is 1.